The number of amides is 2. The number of hydrogen-bond acceptors (Lipinski definition) is 3. The zero-order valence-electron chi connectivity index (χ0n) is 15.9. The maximum Gasteiger partial charge on any atom is 0.295 e. The number of aromatic nitrogens is 2. The molecule has 0 saturated heterocycles. The summed E-state index contributed by atoms with van der Waals surface area (Å²) in [7, 11) is 1.73. The average Bonchev–Trinajstić information content (AvgIpc) is 2.90. The number of fused-ring (bicyclic) bond motifs is 1. The first kappa shape index (κ1) is 18.7. The van der Waals surface area contributed by atoms with E-state index in [4.69, 9.17) is 0 Å². The molecule has 0 saturated carbocycles. The first-order valence-electron chi connectivity index (χ1n) is 9.11. The Balaban J connectivity index is 1.70. The van der Waals surface area contributed by atoms with Gasteiger partial charge in [-0.05, 0) is 36.8 Å². The van der Waals surface area contributed by atoms with Gasteiger partial charge in [-0.2, -0.15) is 0 Å². The highest BCUT2D eigenvalue weighted by Gasteiger charge is 2.32. The van der Waals surface area contributed by atoms with Crippen LogP contribution in [-0.4, -0.2) is 21.2 Å². The molecule has 1 atom stereocenters. The topological polar surface area (TPSA) is 85.1 Å². The number of hydrogen-bond donors (Lipinski definition) is 2. The van der Waals surface area contributed by atoms with Gasteiger partial charge in [-0.15, -0.1) is 0 Å². The Morgan fingerprint density at radius 3 is 2.62 bits per heavy atom. The van der Waals surface area contributed by atoms with Crippen LogP contribution in [0.3, 0.4) is 0 Å². The van der Waals surface area contributed by atoms with Crippen LogP contribution >= 0.6 is 0 Å². The molecule has 1 aromatic heterocycles. The van der Waals surface area contributed by atoms with E-state index in [1.165, 1.54) is 22.9 Å². The Hall–Kier alpha value is -3.68. The van der Waals surface area contributed by atoms with Crippen LogP contribution in [0.2, 0.25) is 0 Å². The highest BCUT2D eigenvalue weighted by molar-refractivity contribution is 6.05. The molecule has 2 heterocycles. The number of carbonyl (C=O) groups is 2. The van der Waals surface area contributed by atoms with Crippen LogP contribution in [0.25, 0.3) is 5.69 Å². The summed E-state index contributed by atoms with van der Waals surface area (Å²) in [6, 6.07) is 13.0. The second kappa shape index (κ2) is 7.05. The Kier molecular flexibility index (Phi) is 4.54. The van der Waals surface area contributed by atoms with Gasteiger partial charge in [-0.25, -0.2) is 9.07 Å². The van der Waals surface area contributed by atoms with E-state index in [0.717, 1.165) is 0 Å². The number of benzene rings is 2. The smallest absolute Gasteiger partial charge is 0.295 e. The molecule has 3 aromatic rings. The molecule has 0 aliphatic carbocycles. The van der Waals surface area contributed by atoms with Gasteiger partial charge in [0.05, 0.1) is 17.3 Å². The normalized spacial score (nSPS) is 15.6. The molecule has 0 spiro atoms. The second-order valence-corrected chi connectivity index (χ2v) is 6.96. The van der Waals surface area contributed by atoms with Crippen molar-refractivity contribution in [2.75, 3.05) is 10.6 Å². The zero-order valence-corrected chi connectivity index (χ0v) is 15.9. The quantitative estimate of drug-likeness (QED) is 0.716. The summed E-state index contributed by atoms with van der Waals surface area (Å²) in [6.45, 7) is 1.73. The molecule has 8 heteroatoms. The molecule has 2 amide bonds. The monoisotopic (exact) mass is 394 g/mol. The average molecular weight is 394 g/mol. The Morgan fingerprint density at radius 1 is 1.17 bits per heavy atom. The van der Waals surface area contributed by atoms with Gasteiger partial charge in [-0.3, -0.25) is 19.1 Å². The molecule has 7 nitrogen and oxygen atoms in total. The number of anilines is 2. The minimum atomic E-state index is -0.816. The van der Waals surface area contributed by atoms with Gasteiger partial charge in [0, 0.05) is 19.2 Å². The summed E-state index contributed by atoms with van der Waals surface area (Å²) in [5.74, 6) is -2.19. The van der Waals surface area contributed by atoms with Crippen LogP contribution in [0.5, 0.6) is 0 Å². The Morgan fingerprint density at radius 2 is 1.90 bits per heavy atom. The van der Waals surface area contributed by atoms with Crippen molar-refractivity contribution < 1.29 is 14.0 Å². The highest BCUT2D eigenvalue weighted by atomic mass is 19.1. The lowest BCUT2D eigenvalue weighted by molar-refractivity contribution is -0.123. The maximum atomic E-state index is 13.5. The van der Waals surface area contributed by atoms with Gasteiger partial charge in [-0.1, -0.05) is 24.3 Å². The predicted molar refractivity (Wildman–Crippen MR) is 107 cm³/mol. The fraction of sp³-hybridized carbons (Fsp3) is 0.190. The van der Waals surface area contributed by atoms with Crippen molar-refractivity contribution in [3.05, 3.63) is 76.0 Å². The van der Waals surface area contributed by atoms with E-state index in [9.17, 15) is 18.8 Å². The van der Waals surface area contributed by atoms with Crippen LogP contribution in [0.1, 0.15) is 23.6 Å². The molecule has 29 heavy (non-hydrogen) atoms. The van der Waals surface area contributed by atoms with Crippen LogP contribution in [0.4, 0.5) is 15.8 Å². The molecule has 2 N–H and O–H groups in total. The van der Waals surface area contributed by atoms with E-state index < -0.39 is 17.6 Å². The first-order chi connectivity index (χ1) is 13.9. The van der Waals surface area contributed by atoms with Crippen molar-refractivity contribution in [2.24, 2.45) is 7.05 Å². The Bertz CT molecular complexity index is 1180. The minimum Gasteiger partial charge on any atom is -0.326 e. The van der Waals surface area contributed by atoms with Crippen LogP contribution < -0.4 is 16.2 Å². The third-order valence-corrected chi connectivity index (χ3v) is 5.17. The third-order valence-electron chi connectivity index (χ3n) is 5.17. The predicted octanol–water partition coefficient (Wildman–Crippen LogP) is 2.69. The van der Waals surface area contributed by atoms with Crippen molar-refractivity contribution in [1.29, 1.82) is 0 Å². The van der Waals surface area contributed by atoms with E-state index >= 15 is 0 Å². The van der Waals surface area contributed by atoms with Gasteiger partial charge in [0.1, 0.15) is 11.5 Å². The molecule has 1 aliphatic rings. The summed E-state index contributed by atoms with van der Waals surface area (Å²) in [5.41, 5.74) is 1.81. The molecule has 4 rings (SSSR count). The standard InChI is InChI=1S/C21H19FN4O3/c1-12-19(21(29)26(25(12)2)14-6-4-3-5-7-14)24-20(28)16-11-18(27)23-17-10-13(22)8-9-15(16)17/h3-10,16H,11H2,1-2H3,(H,23,27)(H,24,28)/t16-/m0/s1. The van der Waals surface area contributed by atoms with Crippen LogP contribution in [0.15, 0.2) is 53.3 Å². The van der Waals surface area contributed by atoms with Gasteiger partial charge in [0.2, 0.25) is 11.8 Å². The summed E-state index contributed by atoms with van der Waals surface area (Å²) in [4.78, 5) is 38.0. The molecule has 0 unspecified atom stereocenters. The van der Waals surface area contributed by atoms with Gasteiger partial charge >= 0.3 is 0 Å². The van der Waals surface area contributed by atoms with Gasteiger partial charge in [0.25, 0.3) is 5.56 Å². The zero-order chi connectivity index (χ0) is 20.7. The first-order valence-corrected chi connectivity index (χ1v) is 9.11. The maximum absolute atomic E-state index is 13.5. The van der Waals surface area contributed by atoms with Crippen LogP contribution in [-0.2, 0) is 16.6 Å². The number of nitrogens with zero attached hydrogens (tertiary/aromatic N) is 2. The lowest BCUT2D eigenvalue weighted by atomic mass is 9.89. The fourth-order valence-corrected chi connectivity index (χ4v) is 3.59. The van der Waals surface area contributed by atoms with E-state index in [1.807, 2.05) is 18.2 Å². The molecular weight excluding hydrogens is 375 g/mol. The molecule has 1 aliphatic heterocycles. The molecule has 2 aromatic carbocycles. The van der Waals surface area contributed by atoms with Crippen molar-refractivity contribution in [3.63, 3.8) is 0 Å². The van der Waals surface area contributed by atoms with E-state index in [2.05, 4.69) is 10.6 Å². The third kappa shape index (κ3) is 3.22. The molecule has 0 fully saturated rings. The van der Waals surface area contributed by atoms with Crippen molar-refractivity contribution >= 4 is 23.2 Å². The van der Waals surface area contributed by atoms with Crippen molar-refractivity contribution in [3.8, 4) is 5.69 Å². The molecule has 148 valence electrons. The molecule has 0 radical (unpaired) electrons. The van der Waals surface area contributed by atoms with Gasteiger partial charge in [0.15, 0.2) is 0 Å². The number of rotatable bonds is 3. The Labute approximate surface area is 165 Å². The summed E-state index contributed by atoms with van der Waals surface area (Å²) < 4.78 is 16.6. The number of para-hydroxylation sites is 1. The minimum absolute atomic E-state index is 0.0801. The fourth-order valence-electron chi connectivity index (χ4n) is 3.59. The number of halogens is 1. The lowest BCUT2D eigenvalue weighted by Gasteiger charge is -2.24. The number of nitrogens with one attached hydrogen (secondary N) is 2. The summed E-state index contributed by atoms with van der Waals surface area (Å²) in [5, 5.41) is 5.27. The van der Waals surface area contributed by atoms with Crippen molar-refractivity contribution in [1.82, 2.24) is 9.36 Å². The van der Waals surface area contributed by atoms with Gasteiger partial charge < -0.3 is 10.6 Å². The molecular formula is C21H19FN4O3. The summed E-state index contributed by atoms with van der Waals surface area (Å²) in [6.07, 6.45) is -0.0801. The van der Waals surface area contributed by atoms with Crippen molar-refractivity contribution in [2.45, 2.75) is 19.3 Å². The summed E-state index contributed by atoms with van der Waals surface area (Å²) >= 11 is 0. The largest absolute Gasteiger partial charge is 0.326 e. The van der Waals surface area contributed by atoms with E-state index in [0.29, 0.717) is 16.9 Å². The SMILES string of the molecule is Cc1c(NC(=O)[C@H]2CC(=O)Nc3cc(F)ccc32)c(=O)n(-c2ccccc2)n1C. The highest BCUT2D eigenvalue weighted by Crippen LogP contribution is 2.33. The van der Waals surface area contributed by atoms with Crippen LogP contribution in [0, 0.1) is 12.7 Å². The molecule has 0 bridgehead atoms. The van der Waals surface area contributed by atoms with E-state index in [-0.39, 0.29) is 29.3 Å². The van der Waals surface area contributed by atoms with E-state index in [1.54, 1.807) is 30.8 Å². The number of carbonyl (C=O) groups excluding carboxylic acids is 2. The lowest BCUT2D eigenvalue weighted by Crippen LogP contribution is -2.32. The second-order valence-electron chi connectivity index (χ2n) is 6.96.